The number of nitrogens with zero attached hydrogens (tertiary/aromatic N) is 3. The van der Waals surface area contributed by atoms with Crippen LogP contribution in [0.4, 0.5) is 10.8 Å². The van der Waals surface area contributed by atoms with Crippen LogP contribution < -0.4 is 15.5 Å². The number of carbonyl (C=O) groups is 2. The van der Waals surface area contributed by atoms with Crippen LogP contribution in [0.25, 0.3) is 0 Å². The van der Waals surface area contributed by atoms with Crippen LogP contribution in [-0.2, 0) is 16.0 Å². The summed E-state index contributed by atoms with van der Waals surface area (Å²) in [6.45, 7) is 9.43. The lowest BCUT2D eigenvalue weighted by Crippen LogP contribution is -2.44. The molecule has 2 fully saturated rings. The normalized spacial score (nSPS) is 20.5. The molecule has 4 rings (SSSR count). The molecule has 0 radical (unpaired) electrons. The van der Waals surface area contributed by atoms with Crippen LogP contribution in [0, 0.1) is 0 Å². The lowest BCUT2D eigenvalue weighted by Gasteiger charge is -2.35. The lowest BCUT2D eigenvalue weighted by molar-refractivity contribution is -0.0127. The molecule has 2 aliphatic rings. The Kier molecular flexibility index (Phi) is 9.30. The molecule has 2 aromatic rings. The molecule has 3 heterocycles. The smallest absolute Gasteiger partial charge is 0.275 e. The summed E-state index contributed by atoms with van der Waals surface area (Å²) in [7, 11) is 1.72. The van der Waals surface area contributed by atoms with Crippen LogP contribution in [0.3, 0.4) is 0 Å². The third-order valence-electron chi connectivity index (χ3n) is 6.79. The Labute approximate surface area is 217 Å². The summed E-state index contributed by atoms with van der Waals surface area (Å²) in [5.41, 5.74) is 2.33. The maximum absolute atomic E-state index is 13.1. The van der Waals surface area contributed by atoms with Crippen LogP contribution in [0.5, 0.6) is 0 Å². The van der Waals surface area contributed by atoms with E-state index < -0.39 is 0 Å². The van der Waals surface area contributed by atoms with Crippen LogP contribution in [0.2, 0.25) is 0 Å². The highest BCUT2D eigenvalue weighted by Crippen LogP contribution is 2.27. The maximum Gasteiger partial charge on any atom is 0.275 e. The summed E-state index contributed by atoms with van der Waals surface area (Å²) in [6, 6.07) is 6.07. The molecule has 1 aromatic heterocycles. The van der Waals surface area contributed by atoms with E-state index in [-0.39, 0.29) is 17.9 Å². The number of hydrogen-bond donors (Lipinski definition) is 2. The number of thiazole rings is 1. The molecule has 0 unspecified atom stereocenters. The van der Waals surface area contributed by atoms with Crippen LogP contribution in [-0.4, -0.2) is 80.3 Å². The maximum atomic E-state index is 13.1. The van der Waals surface area contributed by atoms with Gasteiger partial charge in [-0.05, 0) is 37.0 Å². The Balaban J connectivity index is 1.50. The molecule has 2 atom stereocenters. The average molecular weight is 516 g/mol. The Bertz CT molecular complexity index is 1050. The predicted octanol–water partition coefficient (Wildman–Crippen LogP) is 3.37. The highest BCUT2D eigenvalue weighted by molar-refractivity contribution is 7.14. The van der Waals surface area contributed by atoms with Gasteiger partial charge in [-0.3, -0.25) is 14.5 Å². The Morgan fingerprint density at radius 3 is 2.86 bits per heavy atom. The summed E-state index contributed by atoms with van der Waals surface area (Å²) in [5, 5.41) is 8.45. The standard InChI is InChI=1S/C26H37N5O4S/c1-4-9-27-24(32)21-13-18(14-30-11-12-35-16-19(30)5-2)6-7-22(21)28-25(33)23-17-36-26(29-23)31-10-8-20(15-31)34-3/h6-7,13,17,19-20H,4-5,8-12,14-16H2,1-3H3,(H,27,32)(H,28,33)/t19-,20-/m0/s1. The molecule has 36 heavy (non-hydrogen) atoms. The molecule has 9 nitrogen and oxygen atoms in total. The molecule has 196 valence electrons. The van der Waals surface area contributed by atoms with E-state index in [9.17, 15) is 9.59 Å². The highest BCUT2D eigenvalue weighted by atomic mass is 32.1. The average Bonchev–Trinajstić information content (AvgIpc) is 3.58. The van der Waals surface area contributed by atoms with E-state index in [0.717, 1.165) is 62.7 Å². The van der Waals surface area contributed by atoms with Gasteiger partial charge in [-0.15, -0.1) is 11.3 Å². The number of anilines is 2. The zero-order valence-corrected chi connectivity index (χ0v) is 22.2. The fourth-order valence-corrected chi connectivity index (χ4v) is 5.47. The molecule has 0 aliphatic carbocycles. The molecule has 1 aromatic carbocycles. The van der Waals surface area contributed by atoms with Crippen LogP contribution in [0.1, 0.15) is 59.5 Å². The second kappa shape index (κ2) is 12.6. The summed E-state index contributed by atoms with van der Waals surface area (Å²) in [6.07, 6.45) is 2.99. The Morgan fingerprint density at radius 2 is 2.11 bits per heavy atom. The van der Waals surface area contributed by atoms with Crippen molar-refractivity contribution >= 4 is 34.0 Å². The Morgan fingerprint density at radius 1 is 1.25 bits per heavy atom. The summed E-state index contributed by atoms with van der Waals surface area (Å²) < 4.78 is 11.1. The molecule has 0 spiro atoms. The fraction of sp³-hybridized carbons (Fsp3) is 0.577. The van der Waals surface area contributed by atoms with Gasteiger partial charge in [0.2, 0.25) is 0 Å². The van der Waals surface area contributed by atoms with Crippen molar-refractivity contribution in [3.05, 3.63) is 40.4 Å². The van der Waals surface area contributed by atoms with E-state index in [0.29, 0.717) is 36.1 Å². The van der Waals surface area contributed by atoms with E-state index in [1.165, 1.54) is 11.3 Å². The van der Waals surface area contributed by atoms with Crippen molar-refractivity contribution in [2.75, 3.05) is 56.7 Å². The first kappa shape index (κ1) is 26.5. The van der Waals surface area contributed by atoms with Gasteiger partial charge in [-0.2, -0.15) is 0 Å². The molecule has 0 saturated carbocycles. The van der Waals surface area contributed by atoms with Crippen molar-refractivity contribution in [2.24, 2.45) is 0 Å². The molecular weight excluding hydrogens is 478 g/mol. The molecule has 2 aliphatic heterocycles. The first-order chi connectivity index (χ1) is 17.5. The summed E-state index contributed by atoms with van der Waals surface area (Å²) in [5.74, 6) is -0.513. The lowest BCUT2D eigenvalue weighted by atomic mass is 10.0. The topological polar surface area (TPSA) is 96.0 Å². The number of carbonyl (C=O) groups excluding carboxylic acids is 2. The summed E-state index contributed by atoms with van der Waals surface area (Å²) >= 11 is 1.45. The number of methoxy groups -OCH3 is 1. The van der Waals surface area contributed by atoms with Gasteiger partial charge in [0.15, 0.2) is 5.13 Å². The number of benzene rings is 1. The minimum absolute atomic E-state index is 0.190. The van der Waals surface area contributed by atoms with Crippen LogP contribution >= 0.6 is 11.3 Å². The van der Waals surface area contributed by atoms with Crippen molar-refractivity contribution in [3.63, 3.8) is 0 Å². The number of morpholine rings is 1. The monoisotopic (exact) mass is 515 g/mol. The molecular formula is C26H37N5O4S. The first-order valence-electron chi connectivity index (χ1n) is 12.8. The fourth-order valence-electron chi connectivity index (χ4n) is 4.62. The largest absolute Gasteiger partial charge is 0.380 e. The number of nitrogens with one attached hydrogen (secondary N) is 2. The molecule has 10 heteroatoms. The quantitative estimate of drug-likeness (QED) is 0.501. The van der Waals surface area contributed by atoms with Gasteiger partial charge in [0.25, 0.3) is 11.8 Å². The Hall–Kier alpha value is -2.53. The summed E-state index contributed by atoms with van der Waals surface area (Å²) in [4.78, 5) is 35.2. The van der Waals surface area contributed by atoms with Gasteiger partial charge in [0, 0.05) is 51.3 Å². The van der Waals surface area contributed by atoms with E-state index in [2.05, 4.69) is 32.3 Å². The van der Waals surface area contributed by atoms with Gasteiger partial charge < -0.3 is 25.0 Å². The van der Waals surface area contributed by atoms with Gasteiger partial charge in [-0.1, -0.05) is 19.9 Å². The minimum atomic E-state index is -0.323. The van der Waals surface area contributed by atoms with E-state index in [4.69, 9.17) is 9.47 Å². The number of rotatable bonds is 10. The number of ether oxygens (including phenoxy) is 2. The van der Waals surface area contributed by atoms with Crippen molar-refractivity contribution in [2.45, 2.75) is 51.8 Å². The minimum Gasteiger partial charge on any atom is -0.380 e. The first-order valence-corrected chi connectivity index (χ1v) is 13.7. The third kappa shape index (κ3) is 6.42. The molecule has 2 N–H and O–H groups in total. The molecule has 2 saturated heterocycles. The van der Waals surface area contributed by atoms with Gasteiger partial charge in [0.05, 0.1) is 30.6 Å². The zero-order chi connectivity index (χ0) is 25.5. The van der Waals surface area contributed by atoms with E-state index in [1.807, 2.05) is 25.1 Å². The highest BCUT2D eigenvalue weighted by Gasteiger charge is 2.26. The number of hydrogen-bond acceptors (Lipinski definition) is 8. The third-order valence-corrected chi connectivity index (χ3v) is 7.69. The van der Waals surface area contributed by atoms with Crippen molar-refractivity contribution in [3.8, 4) is 0 Å². The second-order valence-corrected chi connectivity index (χ2v) is 10.1. The predicted molar refractivity (Wildman–Crippen MR) is 142 cm³/mol. The molecule has 2 amide bonds. The zero-order valence-electron chi connectivity index (χ0n) is 21.4. The van der Waals surface area contributed by atoms with Crippen molar-refractivity contribution in [1.29, 1.82) is 0 Å². The van der Waals surface area contributed by atoms with Crippen LogP contribution in [0.15, 0.2) is 23.6 Å². The van der Waals surface area contributed by atoms with E-state index >= 15 is 0 Å². The van der Waals surface area contributed by atoms with E-state index in [1.54, 1.807) is 12.5 Å². The molecule has 0 bridgehead atoms. The van der Waals surface area contributed by atoms with Gasteiger partial charge in [-0.25, -0.2) is 4.98 Å². The van der Waals surface area contributed by atoms with Crippen molar-refractivity contribution in [1.82, 2.24) is 15.2 Å². The van der Waals surface area contributed by atoms with Crippen molar-refractivity contribution < 1.29 is 19.1 Å². The number of amides is 2. The van der Waals surface area contributed by atoms with Gasteiger partial charge >= 0.3 is 0 Å². The number of aromatic nitrogens is 1. The second-order valence-electron chi connectivity index (χ2n) is 9.31. The van der Waals surface area contributed by atoms with Gasteiger partial charge in [0.1, 0.15) is 5.69 Å². The SMILES string of the molecule is CCCNC(=O)c1cc(CN2CCOC[C@@H]2CC)ccc1NC(=O)c1csc(N2CC[C@H](OC)C2)n1.